The number of nitrogens with one attached hydrogen (secondary N) is 1. The van der Waals surface area contributed by atoms with Crippen LogP contribution in [0.2, 0.25) is 5.02 Å². The lowest BCUT2D eigenvalue weighted by atomic mass is 9.74. The molecule has 3 aromatic carbocycles. The fourth-order valence-corrected chi connectivity index (χ4v) is 10.7. The minimum absolute atomic E-state index is 0.0213. The number of amides is 3. The van der Waals surface area contributed by atoms with Crippen molar-refractivity contribution in [2.75, 3.05) is 45.9 Å². The van der Waals surface area contributed by atoms with E-state index in [0.717, 1.165) is 112 Å². The van der Waals surface area contributed by atoms with Gasteiger partial charge in [0.05, 0.1) is 33.6 Å². The number of likely N-dealkylation sites (tertiary alicyclic amines) is 3. The van der Waals surface area contributed by atoms with Gasteiger partial charge in [0, 0.05) is 60.9 Å². The zero-order valence-corrected chi connectivity index (χ0v) is 31.2. The molecular weight excluding hydrogens is 688 g/mol. The molecule has 0 unspecified atom stereocenters. The number of nitrogens with zero attached hydrogens (tertiary/aromatic N) is 5. The van der Waals surface area contributed by atoms with Gasteiger partial charge in [0.25, 0.3) is 11.5 Å². The maximum Gasteiger partial charge on any atom is 0.320 e. The Hall–Kier alpha value is -4.41. The molecule has 4 aromatic rings. The van der Waals surface area contributed by atoms with E-state index in [1.165, 1.54) is 16.7 Å². The molecule has 11 heteroatoms. The number of halogens is 1. The van der Waals surface area contributed by atoms with Gasteiger partial charge in [-0.1, -0.05) is 35.9 Å². The van der Waals surface area contributed by atoms with Crippen LogP contribution in [0.4, 0.5) is 4.79 Å². The number of ether oxygens (including phenoxy) is 1. The van der Waals surface area contributed by atoms with Crippen molar-refractivity contribution >= 4 is 34.4 Å². The largest absolute Gasteiger partial charge is 0.492 e. The summed E-state index contributed by atoms with van der Waals surface area (Å²) in [6, 6.07) is 17.2. The van der Waals surface area contributed by atoms with Crippen molar-refractivity contribution in [3.63, 3.8) is 0 Å². The van der Waals surface area contributed by atoms with Crippen molar-refractivity contribution in [3.8, 4) is 11.4 Å². The van der Waals surface area contributed by atoms with Crippen LogP contribution in [0.3, 0.4) is 0 Å². The first-order valence-electron chi connectivity index (χ1n) is 19.3. The zero-order valence-electron chi connectivity index (χ0n) is 30.4. The molecule has 7 heterocycles. The number of rotatable bonds is 2. The van der Waals surface area contributed by atoms with Crippen LogP contribution in [-0.4, -0.2) is 88.1 Å². The number of fused-ring (bicyclic) bond motifs is 9. The number of hydrogen-bond donors (Lipinski definition) is 1. The van der Waals surface area contributed by atoms with E-state index in [2.05, 4.69) is 67.7 Å². The molecule has 1 N–H and O–H groups in total. The smallest absolute Gasteiger partial charge is 0.320 e. The van der Waals surface area contributed by atoms with Crippen molar-refractivity contribution in [2.45, 2.75) is 81.7 Å². The fraction of sp³-hybridized carbons (Fsp3) is 0.476. The predicted molar refractivity (Wildman–Crippen MR) is 204 cm³/mol. The molecule has 1 spiro atoms. The summed E-state index contributed by atoms with van der Waals surface area (Å²) >= 11 is 6.51. The first-order valence-corrected chi connectivity index (χ1v) is 19.7. The summed E-state index contributed by atoms with van der Waals surface area (Å²) in [5, 5.41) is 3.84. The van der Waals surface area contributed by atoms with Gasteiger partial charge in [-0.25, -0.2) is 4.79 Å². The van der Waals surface area contributed by atoms with Gasteiger partial charge in [-0.2, -0.15) is 4.98 Å². The number of carbonyl (C=O) groups is 2. The molecule has 6 aliphatic rings. The summed E-state index contributed by atoms with van der Waals surface area (Å²) in [6.45, 7) is 10.6. The highest BCUT2D eigenvalue weighted by atomic mass is 35.5. The number of urea groups is 1. The van der Waals surface area contributed by atoms with E-state index in [1.807, 2.05) is 18.2 Å². The van der Waals surface area contributed by atoms with Gasteiger partial charge in [0.2, 0.25) is 0 Å². The molecule has 274 valence electrons. The van der Waals surface area contributed by atoms with Crippen molar-refractivity contribution in [1.29, 1.82) is 0 Å². The van der Waals surface area contributed by atoms with Gasteiger partial charge in [-0.05, 0) is 107 Å². The van der Waals surface area contributed by atoms with Gasteiger partial charge in [0.1, 0.15) is 11.6 Å². The lowest BCUT2D eigenvalue weighted by molar-refractivity contribution is 0.0760. The molecule has 1 aromatic heterocycles. The Balaban J connectivity index is 0.761. The van der Waals surface area contributed by atoms with Gasteiger partial charge in [-0.3, -0.25) is 14.2 Å². The third-order valence-electron chi connectivity index (χ3n) is 13.6. The number of carbonyl (C=O) groups excluding carboxylic acids is 2. The van der Waals surface area contributed by atoms with E-state index in [0.29, 0.717) is 35.5 Å². The molecule has 0 atom stereocenters. The Morgan fingerprint density at radius 2 is 1.64 bits per heavy atom. The Bertz CT molecular complexity index is 2260. The van der Waals surface area contributed by atoms with Crippen molar-refractivity contribution in [2.24, 2.45) is 0 Å². The van der Waals surface area contributed by atoms with E-state index in [-0.39, 0.29) is 22.9 Å². The summed E-state index contributed by atoms with van der Waals surface area (Å²) < 4.78 is 8.38. The van der Waals surface area contributed by atoms with Crippen LogP contribution in [0.1, 0.15) is 96.7 Å². The lowest BCUT2D eigenvalue weighted by Gasteiger charge is -2.44. The maximum atomic E-state index is 13.7. The monoisotopic (exact) mass is 732 g/mol. The van der Waals surface area contributed by atoms with E-state index in [9.17, 15) is 14.4 Å². The Kier molecular flexibility index (Phi) is 7.54. The molecule has 0 bridgehead atoms. The normalized spacial score (nSPS) is 22.1. The van der Waals surface area contributed by atoms with Crippen LogP contribution in [0, 0.1) is 0 Å². The topological polar surface area (TPSA) is 100 Å². The molecule has 6 aliphatic heterocycles. The van der Waals surface area contributed by atoms with Gasteiger partial charge >= 0.3 is 6.03 Å². The van der Waals surface area contributed by atoms with Crippen molar-refractivity contribution < 1.29 is 14.3 Å². The standard InChI is InChI=1S/C42H45ClN6O4/c1-41(2)30-8-6-26(22-34(30)49-33-5-3-4-32(43)35(33)38(51)45-39(41)49)25-10-16-46(17-11-25)27-12-18-47(19-13-27)40(52)48-20-14-42(15-21-48)24-53-36-29-23-44-37(50)28(29)7-9-31(36)42/h3-9,22,25,27H,10-21,23-24H2,1-2H3,(H,44,50). The third-order valence-corrected chi connectivity index (χ3v) is 13.9. The molecular formula is C42H45ClN6O4. The quantitative estimate of drug-likeness (QED) is 0.267. The number of hydrogen-bond acceptors (Lipinski definition) is 6. The SMILES string of the molecule is CC1(C)c2ccc(C3CCN(C4CCN(C(=O)N5CCC6(CC5)COc5c6ccc6c5CNC6=O)CC4)CC3)cc2-n2c1nc(=O)c1c(Cl)cccc12. The molecule has 10 nitrogen and oxygen atoms in total. The van der Waals surface area contributed by atoms with Crippen molar-refractivity contribution in [1.82, 2.24) is 29.6 Å². The second kappa shape index (κ2) is 12.0. The van der Waals surface area contributed by atoms with Crippen LogP contribution < -0.4 is 15.6 Å². The molecule has 0 radical (unpaired) electrons. The Morgan fingerprint density at radius 1 is 0.906 bits per heavy atom. The average molecular weight is 733 g/mol. The zero-order chi connectivity index (χ0) is 36.2. The minimum atomic E-state index is -0.391. The van der Waals surface area contributed by atoms with Crippen LogP contribution in [0.15, 0.2) is 53.3 Å². The average Bonchev–Trinajstić information content (AvgIpc) is 3.81. The summed E-state index contributed by atoms with van der Waals surface area (Å²) in [5.74, 6) is 2.10. The molecule has 3 amide bonds. The van der Waals surface area contributed by atoms with E-state index in [4.69, 9.17) is 16.3 Å². The van der Waals surface area contributed by atoms with E-state index in [1.54, 1.807) is 6.07 Å². The molecule has 53 heavy (non-hydrogen) atoms. The minimum Gasteiger partial charge on any atom is -0.492 e. The third kappa shape index (κ3) is 5.00. The Labute approximate surface area is 314 Å². The summed E-state index contributed by atoms with van der Waals surface area (Å²) in [7, 11) is 0. The molecule has 3 fully saturated rings. The van der Waals surface area contributed by atoms with Crippen LogP contribution >= 0.6 is 11.6 Å². The number of aromatic nitrogens is 2. The van der Waals surface area contributed by atoms with Crippen LogP contribution in [0.5, 0.6) is 5.75 Å². The second-order valence-corrected chi connectivity index (χ2v) is 17.0. The highest BCUT2D eigenvalue weighted by molar-refractivity contribution is 6.35. The van der Waals surface area contributed by atoms with Crippen LogP contribution in [0.25, 0.3) is 16.6 Å². The van der Waals surface area contributed by atoms with Crippen LogP contribution in [-0.2, 0) is 17.4 Å². The highest BCUT2D eigenvalue weighted by Gasteiger charge is 2.46. The van der Waals surface area contributed by atoms with Gasteiger partial charge in [-0.15, -0.1) is 0 Å². The molecule has 3 saturated heterocycles. The first kappa shape index (κ1) is 33.2. The molecule has 10 rings (SSSR count). The maximum absolute atomic E-state index is 13.7. The highest BCUT2D eigenvalue weighted by Crippen LogP contribution is 2.49. The second-order valence-electron chi connectivity index (χ2n) is 16.6. The van der Waals surface area contributed by atoms with Gasteiger partial charge in [0.15, 0.2) is 0 Å². The van der Waals surface area contributed by atoms with E-state index >= 15 is 0 Å². The summed E-state index contributed by atoms with van der Waals surface area (Å²) in [5.41, 5.74) is 6.64. The summed E-state index contributed by atoms with van der Waals surface area (Å²) in [6.07, 6.45) is 5.99. The lowest BCUT2D eigenvalue weighted by Crippen LogP contribution is -2.54. The first-order chi connectivity index (χ1) is 25.6. The Morgan fingerprint density at radius 3 is 2.42 bits per heavy atom. The molecule has 0 saturated carbocycles. The summed E-state index contributed by atoms with van der Waals surface area (Å²) in [4.78, 5) is 50.3. The number of piperidine rings is 3. The fourth-order valence-electron chi connectivity index (χ4n) is 10.4. The van der Waals surface area contributed by atoms with E-state index < -0.39 is 5.41 Å². The van der Waals surface area contributed by atoms with Gasteiger partial charge < -0.3 is 24.8 Å². The molecule has 0 aliphatic carbocycles. The predicted octanol–water partition coefficient (Wildman–Crippen LogP) is 6.11. The number of benzene rings is 3. The van der Waals surface area contributed by atoms with Crippen molar-refractivity contribution in [3.05, 3.63) is 97.5 Å².